The monoisotopic (exact) mass is 307 g/mol. The van der Waals surface area contributed by atoms with Gasteiger partial charge in [-0.25, -0.2) is 0 Å². The smallest absolute Gasteiger partial charge is 0.0712 e. The van der Waals surface area contributed by atoms with E-state index >= 15 is 0 Å². The second-order valence-corrected chi connectivity index (χ2v) is 6.03. The zero-order valence-electron chi connectivity index (χ0n) is 11.5. The van der Waals surface area contributed by atoms with Gasteiger partial charge in [-0.1, -0.05) is 60.7 Å². The molecule has 0 heterocycles. The van der Waals surface area contributed by atoms with Crippen molar-refractivity contribution in [2.45, 2.75) is 10.8 Å². The van der Waals surface area contributed by atoms with Crippen LogP contribution >= 0.6 is 23.2 Å². The second kappa shape index (κ2) is 7.68. The topological polar surface area (TPSA) is 3.24 Å². The lowest BCUT2D eigenvalue weighted by molar-refractivity contribution is 0.334. The lowest BCUT2D eigenvalue weighted by Crippen LogP contribution is -2.26. The van der Waals surface area contributed by atoms with Gasteiger partial charge in [-0.15, -0.1) is 23.2 Å². The second-order valence-electron chi connectivity index (χ2n) is 4.98. The molecule has 0 aliphatic carbocycles. The first-order valence-corrected chi connectivity index (χ1v) is 7.60. The van der Waals surface area contributed by atoms with Gasteiger partial charge in [-0.05, 0) is 18.2 Å². The Morgan fingerprint density at radius 1 is 0.750 bits per heavy atom. The van der Waals surface area contributed by atoms with Crippen LogP contribution in [0.15, 0.2) is 60.7 Å². The van der Waals surface area contributed by atoms with Crippen LogP contribution in [0.4, 0.5) is 0 Å². The molecule has 0 saturated carbocycles. The van der Waals surface area contributed by atoms with Crippen molar-refractivity contribution in [3.05, 3.63) is 71.8 Å². The molecule has 2 unspecified atom stereocenters. The number of halogens is 2. The maximum Gasteiger partial charge on any atom is 0.0712 e. The van der Waals surface area contributed by atoms with E-state index in [0.717, 1.165) is 24.2 Å². The largest absolute Gasteiger partial charge is 0.303 e. The van der Waals surface area contributed by atoms with E-state index in [2.05, 4.69) is 36.2 Å². The van der Waals surface area contributed by atoms with Gasteiger partial charge in [0.1, 0.15) is 0 Å². The van der Waals surface area contributed by atoms with Crippen LogP contribution in [0.3, 0.4) is 0 Å². The van der Waals surface area contributed by atoms with Gasteiger partial charge in [0.15, 0.2) is 0 Å². The number of nitrogens with zero attached hydrogens (tertiary/aromatic N) is 1. The van der Waals surface area contributed by atoms with E-state index in [4.69, 9.17) is 23.2 Å². The van der Waals surface area contributed by atoms with Crippen molar-refractivity contribution >= 4 is 23.2 Å². The van der Waals surface area contributed by atoms with Crippen molar-refractivity contribution in [3.8, 4) is 0 Å². The highest BCUT2D eigenvalue weighted by atomic mass is 35.5. The predicted octanol–water partition coefficient (Wildman–Crippen LogP) is 4.88. The summed E-state index contributed by atoms with van der Waals surface area (Å²) in [4.78, 5) is 2.18. The van der Waals surface area contributed by atoms with E-state index in [1.54, 1.807) is 0 Å². The maximum absolute atomic E-state index is 6.45. The third-order valence-electron chi connectivity index (χ3n) is 3.27. The predicted molar refractivity (Wildman–Crippen MR) is 87.6 cm³/mol. The molecule has 106 valence electrons. The molecule has 0 bridgehead atoms. The van der Waals surface area contributed by atoms with Gasteiger partial charge in [0.2, 0.25) is 0 Å². The molecule has 20 heavy (non-hydrogen) atoms. The Morgan fingerprint density at radius 3 is 1.45 bits per heavy atom. The molecular weight excluding hydrogens is 289 g/mol. The molecule has 0 fully saturated rings. The van der Waals surface area contributed by atoms with Crippen LogP contribution in [0.2, 0.25) is 0 Å². The fraction of sp³-hybridized carbons (Fsp3) is 0.294. The van der Waals surface area contributed by atoms with Gasteiger partial charge in [0.25, 0.3) is 0 Å². The molecule has 2 aromatic rings. The van der Waals surface area contributed by atoms with Gasteiger partial charge < -0.3 is 4.90 Å². The third-order valence-corrected chi connectivity index (χ3v) is 4.05. The zero-order chi connectivity index (χ0) is 14.4. The third kappa shape index (κ3) is 4.52. The number of alkyl halides is 2. The quantitative estimate of drug-likeness (QED) is 0.688. The summed E-state index contributed by atoms with van der Waals surface area (Å²) in [6.45, 7) is 1.56. The lowest BCUT2D eigenvalue weighted by atomic mass is 10.1. The zero-order valence-corrected chi connectivity index (χ0v) is 13.1. The summed E-state index contributed by atoms with van der Waals surface area (Å²) in [6, 6.07) is 20.3. The van der Waals surface area contributed by atoms with Crippen LogP contribution in [-0.4, -0.2) is 25.0 Å². The molecule has 2 aromatic carbocycles. The highest BCUT2D eigenvalue weighted by molar-refractivity contribution is 6.21. The Labute approximate surface area is 131 Å². The molecule has 3 heteroatoms. The minimum absolute atomic E-state index is 0.0131. The first-order valence-electron chi connectivity index (χ1n) is 6.73. The van der Waals surface area contributed by atoms with Gasteiger partial charge in [0.05, 0.1) is 10.8 Å². The first kappa shape index (κ1) is 15.4. The Balaban J connectivity index is 1.88. The summed E-state index contributed by atoms with van der Waals surface area (Å²) in [7, 11) is 2.05. The van der Waals surface area contributed by atoms with E-state index in [9.17, 15) is 0 Å². The normalized spacial score (nSPS) is 14.2. The van der Waals surface area contributed by atoms with Crippen molar-refractivity contribution in [1.29, 1.82) is 0 Å². The molecule has 1 nitrogen and oxygen atoms in total. The van der Waals surface area contributed by atoms with Crippen molar-refractivity contribution in [2.75, 3.05) is 20.1 Å². The summed E-state index contributed by atoms with van der Waals surface area (Å²) in [5, 5.41) is -0.0262. The van der Waals surface area contributed by atoms with E-state index in [-0.39, 0.29) is 10.8 Å². The van der Waals surface area contributed by atoms with Crippen LogP contribution in [0.1, 0.15) is 21.9 Å². The molecular formula is C17H19Cl2N. The molecule has 0 spiro atoms. The van der Waals surface area contributed by atoms with Crippen molar-refractivity contribution in [1.82, 2.24) is 4.90 Å². The van der Waals surface area contributed by atoms with E-state index < -0.39 is 0 Å². The molecule has 0 radical (unpaired) electrons. The first-order chi connectivity index (χ1) is 9.66. The van der Waals surface area contributed by atoms with Gasteiger partial charge >= 0.3 is 0 Å². The molecule has 0 amide bonds. The Morgan fingerprint density at radius 2 is 1.10 bits per heavy atom. The Kier molecular flexibility index (Phi) is 5.90. The summed E-state index contributed by atoms with van der Waals surface area (Å²) >= 11 is 12.9. The molecule has 0 aromatic heterocycles. The molecule has 0 N–H and O–H groups in total. The number of hydrogen-bond acceptors (Lipinski definition) is 1. The summed E-state index contributed by atoms with van der Waals surface area (Å²) in [5.74, 6) is 0. The molecule has 0 saturated heterocycles. The molecule has 0 aliphatic rings. The molecule has 2 rings (SSSR count). The molecule has 0 aliphatic heterocycles. The van der Waals surface area contributed by atoms with Crippen molar-refractivity contribution < 1.29 is 0 Å². The maximum atomic E-state index is 6.45. The minimum Gasteiger partial charge on any atom is -0.303 e. The van der Waals surface area contributed by atoms with Crippen LogP contribution in [-0.2, 0) is 0 Å². The van der Waals surface area contributed by atoms with Crippen LogP contribution in [0.25, 0.3) is 0 Å². The van der Waals surface area contributed by atoms with Crippen molar-refractivity contribution in [3.63, 3.8) is 0 Å². The summed E-state index contributed by atoms with van der Waals surface area (Å²) in [5.41, 5.74) is 2.29. The van der Waals surface area contributed by atoms with Crippen molar-refractivity contribution in [2.24, 2.45) is 0 Å². The van der Waals surface area contributed by atoms with Gasteiger partial charge in [0, 0.05) is 13.1 Å². The highest BCUT2D eigenvalue weighted by Gasteiger charge is 2.14. The number of hydrogen-bond donors (Lipinski definition) is 0. The standard InChI is InChI=1S/C17H19Cl2N/c1-20(12-16(18)14-8-4-2-5-9-14)13-17(19)15-10-6-3-7-11-15/h2-11,16-17H,12-13H2,1H3. The fourth-order valence-corrected chi connectivity index (χ4v) is 2.92. The van der Waals surface area contributed by atoms with E-state index in [1.807, 2.05) is 36.4 Å². The van der Waals surface area contributed by atoms with Gasteiger partial charge in [-0.2, -0.15) is 0 Å². The number of benzene rings is 2. The molecule has 2 atom stereocenters. The summed E-state index contributed by atoms with van der Waals surface area (Å²) in [6.07, 6.45) is 0. The van der Waals surface area contributed by atoms with E-state index in [0.29, 0.717) is 0 Å². The number of likely N-dealkylation sites (N-methyl/N-ethyl adjacent to an activating group) is 1. The average Bonchev–Trinajstić information content (AvgIpc) is 2.49. The number of rotatable bonds is 6. The van der Waals surface area contributed by atoms with Crippen LogP contribution in [0.5, 0.6) is 0 Å². The average molecular weight is 308 g/mol. The lowest BCUT2D eigenvalue weighted by Gasteiger charge is -2.23. The Bertz CT molecular complexity index is 453. The van der Waals surface area contributed by atoms with E-state index in [1.165, 1.54) is 0 Å². The van der Waals surface area contributed by atoms with Gasteiger partial charge in [-0.3, -0.25) is 0 Å². The Hall–Kier alpha value is -1.02. The highest BCUT2D eigenvalue weighted by Crippen LogP contribution is 2.24. The summed E-state index contributed by atoms with van der Waals surface area (Å²) < 4.78 is 0. The SMILES string of the molecule is CN(CC(Cl)c1ccccc1)CC(Cl)c1ccccc1. The minimum atomic E-state index is -0.0131. The van der Waals surface area contributed by atoms with Crippen LogP contribution < -0.4 is 0 Å². The fourth-order valence-electron chi connectivity index (χ4n) is 2.16. The van der Waals surface area contributed by atoms with Crippen LogP contribution in [0, 0.1) is 0 Å².